The number of carbonyl (C=O) groups is 1. The first-order chi connectivity index (χ1) is 14.6. The summed E-state index contributed by atoms with van der Waals surface area (Å²) < 4.78 is 1.55. The molecule has 1 fully saturated rings. The van der Waals surface area contributed by atoms with Crippen molar-refractivity contribution in [3.05, 3.63) is 52.6 Å². The molecule has 30 heavy (non-hydrogen) atoms. The van der Waals surface area contributed by atoms with Gasteiger partial charge < -0.3 is 19.7 Å². The number of hydrogen-bond donors (Lipinski definition) is 1. The van der Waals surface area contributed by atoms with Gasteiger partial charge >= 0.3 is 0 Å². The molecule has 2 aliphatic heterocycles. The van der Waals surface area contributed by atoms with Crippen molar-refractivity contribution in [1.82, 2.24) is 14.5 Å². The third kappa shape index (κ3) is 2.82. The normalized spacial score (nSPS) is 18.3. The van der Waals surface area contributed by atoms with Crippen LogP contribution in [0.3, 0.4) is 0 Å². The highest BCUT2D eigenvalue weighted by molar-refractivity contribution is 6.13. The fraction of sp³-hybridized carbons (Fsp3) is 0.364. The first-order valence-corrected chi connectivity index (χ1v) is 10.4. The average molecular weight is 404 g/mol. The van der Waals surface area contributed by atoms with Crippen molar-refractivity contribution in [2.45, 2.75) is 25.8 Å². The molecule has 0 spiro atoms. The SMILES string of the molecule is CCNc1ncc2c(n1)N1CCC[C@H]1CN(c1cccc3ccn(C)c(=O)c13)C2=O. The number of pyridine rings is 1. The van der Waals surface area contributed by atoms with E-state index < -0.39 is 0 Å². The molecule has 0 radical (unpaired) electrons. The smallest absolute Gasteiger partial charge is 0.263 e. The molecular weight excluding hydrogens is 380 g/mol. The van der Waals surface area contributed by atoms with Gasteiger partial charge in [0.15, 0.2) is 0 Å². The Bertz CT molecular complexity index is 1200. The van der Waals surface area contributed by atoms with Gasteiger partial charge in [0, 0.05) is 45.1 Å². The van der Waals surface area contributed by atoms with Gasteiger partial charge in [0.05, 0.1) is 11.1 Å². The predicted octanol–water partition coefficient (Wildman–Crippen LogP) is 2.39. The molecule has 8 nitrogen and oxygen atoms in total. The number of nitrogens with one attached hydrogen (secondary N) is 1. The Morgan fingerprint density at radius 2 is 2.10 bits per heavy atom. The molecule has 2 aliphatic rings. The highest BCUT2D eigenvalue weighted by Gasteiger charge is 2.38. The van der Waals surface area contributed by atoms with Crippen LogP contribution in [-0.4, -0.2) is 46.1 Å². The molecule has 1 aromatic carbocycles. The van der Waals surface area contributed by atoms with Crippen molar-refractivity contribution in [3.63, 3.8) is 0 Å². The second kappa shape index (κ2) is 7.12. The fourth-order valence-electron chi connectivity index (χ4n) is 4.53. The third-order valence-corrected chi connectivity index (χ3v) is 6.00. The number of anilines is 3. The minimum absolute atomic E-state index is 0.109. The Morgan fingerprint density at radius 1 is 1.23 bits per heavy atom. The van der Waals surface area contributed by atoms with E-state index in [1.54, 1.807) is 28.9 Å². The van der Waals surface area contributed by atoms with Crippen molar-refractivity contribution in [2.75, 3.05) is 34.8 Å². The highest BCUT2D eigenvalue weighted by Crippen LogP contribution is 2.35. The standard InChI is InChI=1S/C22H24N6O2/c1-3-23-22-24-12-16-19(25-22)27-10-5-7-15(27)13-28(20(16)29)17-8-4-6-14-9-11-26(2)21(30)18(14)17/h4,6,8-9,11-12,15H,3,5,7,10,13H2,1-2H3,(H,23,24,25)/t15-/m0/s1. The second-order valence-electron chi connectivity index (χ2n) is 7.84. The van der Waals surface area contributed by atoms with Gasteiger partial charge in [-0.1, -0.05) is 12.1 Å². The molecule has 3 aromatic rings. The van der Waals surface area contributed by atoms with Crippen LogP contribution < -0.4 is 20.7 Å². The zero-order valence-electron chi connectivity index (χ0n) is 17.1. The molecule has 154 valence electrons. The lowest BCUT2D eigenvalue weighted by atomic mass is 10.1. The van der Waals surface area contributed by atoms with Gasteiger partial charge in [0.1, 0.15) is 11.4 Å². The molecule has 8 heteroatoms. The molecule has 0 saturated carbocycles. The summed E-state index contributed by atoms with van der Waals surface area (Å²) >= 11 is 0. The van der Waals surface area contributed by atoms with E-state index in [0.717, 1.165) is 24.8 Å². The van der Waals surface area contributed by atoms with Crippen LogP contribution >= 0.6 is 0 Å². The molecule has 0 bridgehead atoms. The quantitative estimate of drug-likeness (QED) is 0.722. The first kappa shape index (κ1) is 18.6. The molecule has 2 aromatic heterocycles. The van der Waals surface area contributed by atoms with Gasteiger partial charge in [-0.05, 0) is 37.3 Å². The minimum atomic E-state index is -0.166. The van der Waals surface area contributed by atoms with E-state index in [9.17, 15) is 9.59 Å². The lowest BCUT2D eigenvalue weighted by Crippen LogP contribution is -2.40. The van der Waals surface area contributed by atoms with Gasteiger partial charge in [0.25, 0.3) is 11.5 Å². The Labute approximate surface area is 174 Å². The van der Waals surface area contributed by atoms with Crippen molar-refractivity contribution >= 4 is 34.1 Å². The van der Waals surface area contributed by atoms with Crippen LogP contribution in [-0.2, 0) is 7.05 Å². The number of nitrogens with zero attached hydrogens (tertiary/aromatic N) is 5. The molecule has 1 saturated heterocycles. The van der Waals surface area contributed by atoms with E-state index in [2.05, 4.69) is 20.2 Å². The van der Waals surface area contributed by atoms with Crippen LogP contribution in [0.5, 0.6) is 0 Å². The maximum absolute atomic E-state index is 13.7. The van der Waals surface area contributed by atoms with Crippen molar-refractivity contribution in [2.24, 2.45) is 7.05 Å². The number of benzene rings is 1. The van der Waals surface area contributed by atoms with Gasteiger partial charge in [-0.2, -0.15) is 4.98 Å². The van der Waals surface area contributed by atoms with E-state index in [1.165, 1.54) is 0 Å². The number of amides is 1. The fourth-order valence-corrected chi connectivity index (χ4v) is 4.53. The van der Waals surface area contributed by atoms with Gasteiger partial charge in [-0.3, -0.25) is 9.59 Å². The molecule has 4 heterocycles. The van der Waals surface area contributed by atoms with Gasteiger partial charge in [-0.25, -0.2) is 4.98 Å². The number of aromatic nitrogens is 3. The van der Waals surface area contributed by atoms with Crippen LogP contribution in [0.15, 0.2) is 41.5 Å². The van der Waals surface area contributed by atoms with Crippen LogP contribution in [0.1, 0.15) is 30.1 Å². The summed E-state index contributed by atoms with van der Waals surface area (Å²) in [4.78, 5) is 39.6. The number of aryl methyl sites for hydroxylation is 1. The van der Waals surface area contributed by atoms with Gasteiger partial charge in [-0.15, -0.1) is 0 Å². The Balaban J connectivity index is 1.70. The second-order valence-corrected chi connectivity index (χ2v) is 7.84. The zero-order chi connectivity index (χ0) is 20.8. The summed E-state index contributed by atoms with van der Waals surface area (Å²) in [6, 6.07) is 7.73. The molecule has 0 aliphatic carbocycles. The van der Waals surface area contributed by atoms with Crippen LogP contribution in [0.2, 0.25) is 0 Å². The monoisotopic (exact) mass is 404 g/mol. The first-order valence-electron chi connectivity index (χ1n) is 10.4. The number of rotatable bonds is 3. The van der Waals surface area contributed by atoms with E-state index >= 15 is 0 Å². The van der Waals surface area contributed by atoms with E-state index in [0.29, 0.717) is 41.5 Å². The summed E-state index contributed by atoms with van der Waals surface area (Å²) in [6.07, 6.45) is 5.39. The lowest BCUT2D eigenvalue weighted by Gasteiger charge is -2.27. The minimum Gasteiger partial charge on any atom is -0.354 e. The van der Waals surface area contributed by atoms with Crippen molar-refractivity contribution < 1.29 is 4.79 Å². The maximum atomic E-state index is 13.7. The summed E-state index contributed by atoms with van der Waals surface area (Å²) in [5, 5.41) is 4.53. The number of hydrogen-bond acceptors (Lipinski definition) is 6. The Hall–Kier alpha value is -3.42. The highest BCUT2D eigenvalue weighted by atomic mass is 16.2. The van der Waals surface area contributed by atoms with E-state index in [-0.39, 0.29) is 17.5 Å². The summed E-state index contributed by atoms with van der Waals surface area (Å²) in [5.41, 5.74) is 1.02. The lowest BCUT2D eigenvalue weighted by molar-refractivity contribution is 0.0988. The predicted molar refractivity (Wildman–Crippen MR) is 117 cm³/mol. The van der Waals surface area contributed by atoms with Crippen LogP contribution in [0.4, 0.5) is 17.5 Å². The van der Waals surface area contributed by atoms with Crippen molar-refractivity contribution in [3.8, 4) is 0 Å². The molecule has 1 amide bonds. The van der Waals surface area contributed by atoms with E-state index in [4.69, 9.17) is 0 Å². The average Bonchev–Trinajstić information content (AvgIpc) is 3.18. The molecule has 1 N–H and O–H groups in total. The Kier molecular flexibility index (Phi) is 4.42. The Morgan fingerprint density at radius 3 is 2.93 bits per heavy atom. The number of carbonyl (C=O) groups excluding carboxylic acids is 1. The topological polar surface area (TPSA) is 83.4 Å². The third-order valence-electron chi connectivity index (χ3n) is 6.00. The summed E-state index contributed by atoms with van der Waals surface area (Å²) in [7, 11) is 1.73. The maximum Gasteiger partial charge on any atom is 0.263 e. The largest absolute Gasteiger partial charge is 0.354 e. The summed E-state index contributed by atoms with van der Waals surface area (Å²) in [5.74, 6) is 1.05. The zero-order valence-corrected chi connectivity index (χ0v) is 17.1. The van der Waals surface area contributed by atoms with E-state index in [1.807, 2.05) is 31.2 Å². The molecule has 0 unspecified atom stereocenters. The van der Waals surface area contributed by atoms with Crippen molar-refractivity contribution in [1.29, 1.82) is 0 Å². The summed E-state index contributed by atoms with van der Waals surface area (Å²) in [6.45, 7) is 4.07. The molecule has 5 rings (SSSR count). The van der Waals surface area contributed by atoms with Crippen LogP contribution in [0, 0.1) is 0 Å². The number of fused-ring (bicyclic) bond motifs is 4. The van der Waals surface area contributed by atoms with Gasteiger partial charge in [0.2, 0.25) is 5.95 Å². The molecule has 1 atom stereocenters. The molecular formula is C22H24N6O2. The van der Waals surface area contributed by atoms with Crippen LogP contribution in [0.25, 0.3) is 10.8 Å².